The summed E-state index contributed by atoms with van der Waals surface area (Å²) in [5, 5.41) is 0.806. The summed E-state index contributed by atoms with van der Waals surface area (Å²) in [4.78, 5) is 22.1. The molecule has 116 valence electrons. The highest BCUT2D eigenvalue weighted by molar-refractivity contribution is 6.06. The van der Waals surface area contributed by atoms with Crippen LogP contribution in [0, 0.1) is 6.92 Å². The summed E-state index contributed by atoms with van der Waals surface area (Å²) < 4.78 is 0. The van der Waals surface area contributed by atoms with E-state index in [9.17, 15) is 4.79 Å². The SMILES string of the molecule is CCONC(=O)c1cc(-c2ccc(C)cc2)nc2ccccc12. The number of fused-ring (bicyclic) bond motifs is 1. The van der Waals surface area contributed by atoms with Gasteiger partial charge in [0.25, 0.3) is 5.91 Å². The molecule has 4 heteroatoms. The van der Waals surface area contributed by atoms with Crippen LogP contribution in [0.15, 0.2) is 54.6 Å². The van der Waals surface area contributed by atoms with Crippen molar-refractivity contribution in [3.05, 3.63) is 65.7 Å². The number of carbonyl (C=O) groups excluding carboxylic acids is 1. The topological polar surface area (TPSA) is 51.2 Å². The number of rotatable bonds is 4. The molecule has 0 aliphatic heterocycles. The van der Waals surface area contributed by atoms with Crippen LogP contribution in [0.3, 0.4) is 0 Å². The summed E-state index contributed by atoms with van der Waals surface area (Å²) in [6.07, 6.45) is 0. The van der Waals surface area contributed by atoms with Crippen molar-refractivity contribution in [2.45, 2.75) is 13.8 Å². The molecule has 3 aromatic rings. The second-order valence-electron chi connectivity index (χ2n) is 5.30. The van der Waals surface area contributed by atoms with Crippen LogP contribution in [-0.4, -0.2) is 17.5 Å². The number of nitrogens with zero attached hydrogens (tertiary/aromatic N) is 1. The first-order valence-electron chi connectivity index (χ1n) is 7.58. The number of hydroxylamine groups is 1. The molecule has 3 rings (SSSR count). The average Bonchev–Trinajstić information content (AvgIpc) is 2.59. The van der Waals surface area contributed by atoms with Crippen molar-refractivity contribution in [2.75, 3.05) is 6.61 Å². The fourth-order valence-corrected chi connectivity index (χ4v) is 2.43. The highest BCUT2D eigenvalue weighted by atomic mass is 16.6. The second kappa shape index (κ2) is 6.58. The number of benzene rings is 2. The van der Waals surface area contributed by atoms with E-state index < -0.39 is 0 Å². The van der Waals surface area contributed by atoms with E-state index in [0.29, 0.717) is 12.2 Å². The Kier molecular flexibility index (Phi) is 4.35. The normalized spacial score (nSPS) is 10.7. The summed E-state index contributed by atoms with van der Waals surface area (Å²) in [6.45, 7) is 4.28. The van der Waals surface area contributed by atoms with Crippen LogP contribution >= 0.6 is 0 Å². The maximum Gasteiger partial charge on any atom is 0.275 e. The Morgan fingerprint density at radius 2 is 1.87 bits per heavy atom. The molecule has 0 unspecified atom stereocenters. The summed E-state index contributed by atoms with van der Waals surface area (Å²) in [5.41, 5.74) is 6.73. The van der Waals surface area contributed by atoms with Gasteiger partial charge in [0.2, 0.25) is 0 Å². The summed E-state index contributed by atoms with van der Waals surface area (Å²) in [7, 11) is 0. The number of para-hydroxylation sites is 1. The van der Waals surface area contributed by atoms with Crippen LogP contribution < -0.4 is 5.48 Å². The van der Waals surface area contributed by atoms with Gasteiger partial charge in [-0.1, -0.05) is 48.0 Å². The lowest BCUT2D eigenvalue weighted by molar-refractivity contribution is 0.0366. The van der Waals surface area contributed by atoms with Gasteiger partial charge in [-0.3, -0.25) is 9.63 Å². The van der Waals surface area contributed by atoms with Crippen LogP contribution in [-0.2, 0) is 4.84 Å². The quantitative estimate of drug-likeness (QED) is 0.744. The molecule has 0 aliphatic rings. The van der Waals surface area contributed by atoms with Gasteiger partial charge in [0.15, 0.2) is 0 Å². The Morgan fingerprint density at radius 1 is 1.13 bits per heavy atom. The van der Waals surface area contributed by atoms with Crippen molar-refractivity contribution in [3.8, 4) is 11.3 Å². The van der Waals surface area contributed by atoms with Crippen molar-refractivity contribution >= 4 is 16.8 Å². The Hall–Kier alpha value is -2.72. The zero-order chi connectivity index (χ0) is 16.2. The van der Waals surface area contributed by atoms with Gasteiger partial charge >= 0.3 is 0 Å². The number of amides is 1. The molecular formula is C19H18N2O2. The number of carbonyl (C=O) groups is 1. The first kappa shape index (κ1) is 15.2. The Bertz CT molecular complexity index is 842. The van der Waals surface area contributed by atoms with Gasteiger partial charge < -0.3 is 0 Å². The minimum atomic E-state index is -0.265. The van der Waals surface area contributed by atoms with E-state index in [4.69, 9.17) is 4.84 Å². The van der Waals surface area contributed by atoms with E-state index in [0.717, 1.165) is 22.2 Å². The molecule has 0 saturated heterocycles. The molecule has 23 heavy (non-hydrogen) atoms. The van der Waals surface area contributed by atoms with Crippen LogP contribution in [0.4, 0.5) is 0 Å². The third-order valence-electron chi connectivity index (χ3n) is 3.62. The average molecular weight is 306 g/mol. The molecule has 0 bridgehead atoms. The zero-order valence-corrected chi connectivity index (χ0v) is 13.2. The van der Waals surface area contributed by atoms with E-state index in [1.165, 1.54) is 5.56 Å². The number of aryl methyl sites for hydroxylation is 1. The number of nitrogens with one attached hydrogen (secondary N) is 1. The van der Waals surface area contributed by atoms with Crippen LogP contribution in [0.25, 0.3) is 22.2 Å². The fraction of sp³-hybridized carbons (Fsp3) is 0.158. The largest absolute Gasteiger partial charge is 0.275 e. The molecule has 0 fully saturated rings. The molecule has 0 spiro atoms. The monoisotopic (exact) mass is 306 g/mol. The van der Waals surface area contributed by atoms with E-state index in [2.05, 4.69) is 10.5 Å². The molecule has 0 radical (unpaired) electrons. The number of pyridine rings is 1. The summed E-state index contributed by atoms with van der Waals surface area (Å²) in [5.74, 6) is -0.265. The van der Waals surface area contributed by atoms with E-state index in [-0.39, 0.29) is 5.91 Å². The van der Waals surface area contributed by atoms with Crippen molar-refractivity contribution in [1.29, 1.82) is 0 Å². The highest BCUT2D eigenvalue weighted by Gasteiger charge is 2.13. The summed E-state index contributed by atoms with van der Waals surface area (Å²) >= 11 is 0. The smallest absolute Gasteiger partial charge is 0.274 e. The lowest BCUT2D eigenvalue weighted by Gasteiger charge is -2.10. The van der Waals surface area contributed by atoms with E-state index >= 15 is 0 Å². The minimum Gasteiger partial charge on any atom is -0.274 e. The molecule has 0 aliphatic carbocycles. The van der Waals surface area contributed by atoms with Crippen LogP contribution in [0.2, 0.25) is 0 Å². The van der Waals surface area contributed by atoms with Crippen molar-refractivity contribution in [2.24, 2.45) is 0 Å². The minimum absolute atomic E-state index is 0.265. The Labute approximate surface area is 135 Å². The van der Waals surface area contributed by atoms with Crippen molar-refractivity contribution < 1.29 is 9.63 Å². The predicted molar refractivity (Wildman–Crippen MR) is 91.0 cm³/mol. The lowest BCUT2D eigenvalue weighted by atomic mass is 10.0. The van der Waals surface area contributed by atoms with Crippen molar-refractivity contribution in [3.63, 3.8) is 0 Å². The number of hydrogen-bond donors (Lipinski definition) is 1. The first-order valence-corrected chi connectivity index (χ1v) is 7.58. The third kappa shape index (κ3) is 3.22. The maximum absolute atomic E-state index is 12.4. The molecule has 0 atom stereocenters. The second-order valence-corrected chi connectivity index (χ2v) is 5.30. The standard InChI is InChI=1S/C19H18N2O2/c1-3-23-21-19(22)16-12-18(14-10-8-13(2)9-11-14)20-17-7-5-4-6-15(16)17/h4-12H,3H2,1-2H3,(H,21,22). The molecule has 1 amide bonds. The van der Waals surface area contributed by atoms with Gasteiger partial charge in [0.05, 0.1) is 23.4 Å². The Balaban J connectivity index is 2.13. The predicted octanol–water partition coefficient (Wildman–Crippen LogP) is 3.89. The van der Waals surface area contributed by atoms with Gasteiger partial charge in [0, 0.05) is 10.9 Å². The number of hydrogen-bond acceptors (Lipinski definition) is 3. The Morgan fingerprint density at radius 3 is 2.61 bits per heavy atom. The zero-order valence-electron chi connectivity index (χ0n) is 13.2. The van der Waals surface area contributed by atoms with Crippen LogP contribution in [0.5, 0.6) is 0 Å². The maximum atomic E-state index is 12.4. The molecule has 4 nitrogen and oxygen atoms in total. The fourth-order valence-electron chi connectivity index (χ4n) is 2.43. The van der Waals surface area contributed by atoms with E-state index in [1.54, 1.807) is 6.07 Å². The van der Waals surface area contributed by atoms with Gasteiger partial charge in [-0.15, -0.1) is 0 Å². The molecular weight excluding hydrogens is 288 g/mol. The van der Waals surface area contributed by atoms with Gasteiger partial charge in [-0.2, -0.15) is 0 Å². The van der Waals surface area contributed by atoms with Crippen molar-refractivity contribution in [1.82, 2.24) is 10.5 Å². The summed E-state index contributed by atoms with van der Waals surface area (Å²) in [6, 6.07) is 17.5. The van der Waals surface area contributed by atoms with Gasteiger partial charge in [0.1, 0.15) is 0 Å². The lowest BCUT2D eigenvalue weighted by Crippen LogP contribution is -2.24. The van der Waals surface area contributed by atoms with E-state index in [1.807, 2.05) is 62.4 Å². The van der Waals surface area contributed by atoms with Gasteiger partial charge in [-0.05, 0) is 26.0 Å². The molecule has 0 saturated carbocycles. The molecule has 1 aromatic heterocycles. The number of aromatic nitrogens is 1. The molecule has 1 N–H and O–H groups in total. The first-order chi connectivity index (χ1) is 11.2. The highest BCUT2D eigenvalue weighted by Crippen LogP contribution is 2.25. The third-order valence-corrected chi connectivity index (χ3v) is 3.62. The van der Waals surface area contributed by atoms with Gasteiger partial charge in [-0.25, -0.2) is 10.5 Å². The van der Waals surface area contributed by atoms with Crippen LogP contribution in [0.1, 0.15) is 22.8 Å². The molecule has 2 aromatic carbocycles. The molecule has 1 heterocycles.